The molecule has 0 aliphatic heterocycles. The van der Waals surface area contributed by atoms with Crippen molar-refractivity contribution in [2.45, 2.75) is 0 Å². The second kappa shape index (κ2) is 18.2. The van der Waals surface area contributed by atoms with Crippen molar-refractivity contribution in [3.63, 3.8) is 0 Å². The SMILES string of the molecule is O=C(Oc1ccc(-c2ccc(-c3c(-c4ccccc4)cccc3-c3ccccc3)cc2)cc1)Oc1ccc(-c2ccc(-c3c(-c4ccccc4)cccc3-c3ccccc3)cc2)cc1. The van der Waals surface area contributed by atoms with Gasteiger partial charge in [-0.25, -0.2) is 4.79 Å². The van der Waals surface area contributed by atoms with Crippen molar-refractivity contribution in [3.05, 3.63) is 255 Å². The van der Waals surface area contributed by atoms with E-state index >= 15 is 0 Å². The van der Waals surface area contributed by atoms with Crippen LogP contribution in [-0.4, -0.2) is 6.16 Å². The molecule has 0 heterocycles. The van der Waals surface area contributed by atoms with Gasteiger partial charge in [0, 0.05) is 0 Å². The molecule has 3 heteroatoms. The molecule has 0 atom stereocenters. The Morgan fingerprint density at radius 1 is 0.219 bits per heavy atom. The Balaban J connectivity index is 0.814. The summed E-state index contributed by atoms with van der Waals surface area (Å²) in [5.41, 5.74) is 18.2. The Bertz CT molecular complexity index is 2810. The number of carbonyl (C=O) groups is 1. The lowest BCUT2D eigenvalue weighted by molar-refractivity contribution is 0.152. The molecule has 0 aliphatic carbocycles. The number of rotatable bonds is 10. The molecule has 0 aliphatic rings. The van der Waals surface area contributed by atoms with E-state index in [1.54, 1.807) is 24.3 Å². The molecule has 0 fully saturated rings. The van der Waals surface area contributed by atoms with E-state index in [9.17, 15) is 4.79 Å². The topological polar surface area (TPSA) is 35.5 Å². The van der Waals surface area contributed by atoms with Gasteiger partial charge in [-0.15, -0.1) is 0 Å². The molecule has 0 aromatic heterocycles. The van der Waals surface area contributed by atoms with Crippen LogP contribution in [0.2, 0.25) is 0 Å². The fraction of sp³-hybridized carbons (Fsp3) is 0. The van der Waals surface area contributed by atoms with E-state index in [4.69, 9.17) is 9.47 Å². The molecule has 0 N–H and O–H groups in total. The third kappa shape index (κ3) is 8.52. The van der Waals surface area contributed by atoms with Gasteiger partial charge in [0.25, 0.3) is 0 Å². The highest BCUT2D eigenvalue weighted by atomic mass is 16.7. The van der Waals surface area contributed by atoms with Gasteiger partial charge in [-0.3, -0.25) is 0 Å². The van der Waals surface area contributed by atoms with Crippen LogP contribution in [0.3, 0.4) is 0 Å². The first-order chi connectivity index (χ1) is 31.6. The maximum atomic E-state index is 12.9. The van der Waals surface area contributed by atoms with Crippen LogP contribution in [0, 0.1) is 0 Å². The van der Waals surface area contributed by atoms with Gasteiger partial charge < -0.3 is 9.47 Å². The van der Waals surface area contributed by atoms with Gasteiger partial charge in [-0.1, -0.05) is 231 Å². The summed E-state index contributed by atoms with van der Waals surface area (Å²) < 4.78 is 11.2. The standard InChI is InChI=1S/C61H42O3/c62-61(63-53-39-35-45(36-40-53)43-27-31-51(32-28-43)59-55(47-15-5-1-6-16-47)23-13-24-56(59)48-17-7-2-8-18-48)64-54-41-37-46(38-42-54)44-29-33-52(34-30-44)60-57(49-19-9-3-10-20-49)25-14-26-58(60)50-21-11-4-12-22-50/h1-42H. The fourth-order valence-electron chi connectivity index (χ4n) is 8.46. The summed E-state index contributed by atoms with van der Waals surface area (Å²) in [5, 5.41) is 0. The van der Waals surface area contributed by atoms with Crippen molar-refractivity contribution in [2.24, 2.45) is 0 Å². The Morgan fingerprint density at radius 2 is 0.453 bits per heavy atom. The number of benzene rings is 10. The van der Waals surface area contributed by atoms with Crippen molar-refractivity contribution >= 4 is 6.16 Å². The smallest absolute Gasteiger partial charge is 0.395 e. The largest absolute Gasteiger partial charge is 0.519 e. The van der Waals surface area contributed by atoms with E-state index in [0.29, 0.717) is 11.5 Å². The highest BCUT2D eigenvalue weighted by Gasteiger charge is 2.17. The zero-order chi connectivity index (χ0) is 43.1. The molecule has 64 heavy (non-hydrogen) atoms. The summed E-state index contributed by atoms with van der Waals surface area (Å²) >= 11 is 0. The summed E-state index contributed by atoms with van der Waals surface area (Å²) in [6.45, 7) is 0. The zero-order valence-electron chi connectivity index (χ0n) is 35.0. The summed E-state index contributed by atoms with van der Waals surface area (Å²) in [6, 6.07) is 87.4. The Morgan fingerprint density at radius 3 is 0.719 bits per heavy atom. The summed E-state index contributed by atoms with van der Waals surface area (Å²) in [4.78, 5) is 12.9. The van der Waals surface area contributed by atoms with Gasteiger partial charge in [0.1, 0.15) is 11.5 Å². The number of hydrogen-bond acceptors (Lipinski definition) is 3. The van der Waals surface area contributed by atoms with Crippen molar-refractivity contribution in [2.75, 3.05) is 0 Å². The predicted octanol–water partition coefficient (Wildman–Crippen LogP) is 16.6. The molecule has 0 saturated heterocycles. The lowest BCUT2D eigenvalue weighted by atomic mass is 9.87. The molecule has 0 amide bonds. The maximum absolute atomic E-state index is 12.9. The van der Waals surface area contributed by atoms with Crippen LogP contribution in [0.15, 0.2) is 255 Å². The van der Waals surface area contributed by atoms with Crippen LogP contribution in [-0.2, 0) is 0 Å². The van der Waals surface area contributed by atoms with Crippen LogP contribution < -0.4 is 9.47 Å². The monoisotopic (exact) mass is 822 g/mol. The highest BCUT2D eigenvalue weighted by Crippen LogP contribution is 2.42. The molecule has 10 aromatic carbocycles. The van der Waals surface area contributed by atoms with E-state index in [1.165, 1.54) is 55.6 Å². The van der Waals surface area contributed by atoms with Gasteiger partial charge in [-0.2, -0.15) is 0 Å². The van der Waals surface area contributed by atoms with E-state index in [-0.39, 0.29) is 0 Å². The van der Waals surface area contributed by atoms with Gasteiger partial charge in [-0.05, 0) is 113 Å². The third-order valence-corrected chi connectivity index (χ3v) is 11.6. The minimum absolute atomic E-state index is 0.399. The minimum Gasteiger partial charge on any atom is -0.395 e. The Hall–Kier alpha value is -8.53. The molecule has 0 saturated carbocycles. The van der Waals surface area contributed by atoms with Crippen molar-refractivity contribution in [3.8, 4) is 101 Å². The van der Waals surface area contributed by atoms with Crippen molar-refractivity contribution in [1.82, 2.24) is 0 Å². The first-order valence-electron chi connectivity index (χ1n) is 21.4. The zero-order valence-corrected chi connectivity index (χ0v) is 35.0. The van der Waals surface area contributed by atoms with Crippen LogP contribution in [0.1, 0.15) is 0 Å². The van der Waals surface area contributed by atoms with Crippen molar-refractivity contribution in [1.29, 1.82) is 0 Å². The van der Waals surface area contributed by atoms with Crippen LogP contribution in [0.4, 0.5) is 4.79 Å². The second-order valence-electron chi connectivity index (χ2n) is 15.6. The van der Waals surface area contributed by atoms with E-state index in [0.717, 1.165) is 33.4 Å². The lowest BCUT2D eigenvalue weighted by Gasteiger charge is -2.17. The first-order valence-corrected chi connectivity index (χ1v) is 21.4. The predicted molar refractivity (Wildman–Crippen MR) is 263 cm³/mol. The minimum atomic E-state index is -0.799. The molecule has 10 rings (SSSR count). The van der Waals surface area contributed by atoms with Crippen LogP contribution in [0.25, 0.3) is 89.0 Å². The van der Waals surface area contributed by atoms with Gasteiger partial charge in [0.2, 0.25) is 0 Å². The van der Waals surface area contributed by atoms with Crippen LogP contribution >= 0.6 is 0 Å². The Kier molecular flexibility index (Phi) is 11.3. The van der Waals surface area contributed by atoms with Crippen LogP contribution in [0.5, 0.6) is 11.5 Å². The molecular formula is C61H42O3. The maximum Gasteiger partial charge on any atom is 0.519 e. The third-order valence-electron chi connectivity index (χ3n) is 11.6. The molecule has 0 bridgehead atoms. The van der Waals surface area contributed by atoms with E-state index < -0.39 is 6.16 Å². The number of carbonyl (C=O) groups excluding carboxylic acids is 1. The summed E-state index contributed by atoms with van der Waals surface area (Å²) in [7, 11) is 0. The lowest BCUT2D eigenvalue weighted by Crippen LogP contribution is -2.13. The molecule has 304 valence electrons. The number of ether oxygens (including phenoxy) is 2. The van der Waals surface area contributed by atoms with E-state index in [1.807, 2.05) is 48.5 Å². The van der Waals surface area contributed by atoms with Gasteiger partial charge >= 0.3 is 6.16 Å². The normalized spacial score (nSPS) is 10.9. The van der Waals surface area contributed by atoms with Crippen molar-refractivity contribution < 1.29 is 14.3 Å². The molecule has 10 aromatic rings. The second-order valence-corrected chi connectivity index (χ2v) is 15.6. The number of hydrogen-bond donors (Lipinski definition) is 0. The molecule has 3 nitrogen and oxygen atoms in total. The van der Waals surface area contributed by atoms with Gasteiger partial charge in [0.15, 0.2) is 0 Å². The molecular weight excluding hydrogens is 781 g/mol. The molecule has 0 unspecified atom stereocenters. The van der Waals surface area contributed by atoms with E-state index in [2.05, 4.69) is 182 Å². The average molecular weight is 823 g/mol. The average Bonchev–Trinajstić information content (AvgIpc) is 3.37. The molecule has 0 spiro atoms. The summed E-state index contributed by atoms with van der Waals surface area (Å²) in [6.07, 6.45) is -0.799. The first kappa shape index (κ1) is 39.6. The Labute approximate surface area is 374 Å². The molecule has 0 radical (unpaired) electrons. The fourth-order valence-corrected chi connectivity index (χ4v) is 8.46. The highest BCUT2D eigenvalue weighted by molar-refractivity contribution is 5.96. The quantitative estimate of drug-likeness (QED) is 0.102. The summed E-state index contributed by atoms with van der Waals surface area (Å²) in [5.74, 6) is 0.797. The van der Waals surface area contributed by atoms with Gasteiger partial charge in [0.05, 0.1) is 0 Å².